The van der Waals surface area contributed by atoms with Crippen LogP contribution in [0.15, 0.2) is 72.1 Å². The van der Waals surface area contributed by atoms with Crippen molar-refractivity contribution in [3.63, 3.8) is 0 Å². The van der Waals surface area contributed by atoms with Crippen LogP contribution in [0.2, 0.25) is 0 Å². The van der Waals surface area contributed by atoms with Crippen LogP contribution in [0.4, 0.5) is 11.4 Å². The average molecular weight is 394 g/mol. The van der Waals surface area contributed by atoms with Crippen LogP contribution >= 0.6 is 11.3 Å². The van der Waals surface area contributed by atoms with E-state index < -0.39 is 6.04 Å². The van der Waals surface area contributed by atoms with Crippen LogP contribution in [0.25, 0.3) is 0 Å². The monoisotopic (exact) mass is 393 g/mol. The summed E-state index contributed by atoms with van der Waals surface area (Å²) in [5.41, 5.74) is 2.72. The quantitative estimate of drug-likeness (QED) is 0.642. The number of nitrogens with zero attached hydrogens (tertiary/aromatic N) is 1. The Morgan fingerprint density at radius 3 is 2.29 bits per heavy atom. The van der Waals surface area contributed by atoms with Gasteiger partial charge in [-0.1, -0.05) is 36.4 Å². The van der Waals surface area contributed by atoms with Crippen LogP contribution in [-0.4, -0.2) is 32.0 Å². The highest BCUT2D eigenvalue weighted by molar-refractivity contribution is 7.12. The van der Waals surface area contributed by atoms with Crippen LogP contribution in [-0.2, 0) is 11.2 Å². The van der Waals surface area contributed by atoms with Gasteiger partial charge >= 0.3 is 0 Å². The molecular weight excluding hydrogens is 370 g/mol. The number of benzene rings is 2. The molecule has 1 atom stereocenters. The smallest absolute Gasteiger partial charge is 0.262 e. The molecule has 144 valence electrons. The lowest BCUT2D eigenvalue weighted by atomic mass is 10.0. The molecule has 2 amide bonds. The lowest BCUT2D eigenvalue weighted by Gasteiger charge is -2.19. The van der Waals surface area contributed by atoms with Crippen LogP contribution in [0.1, 0.15) is 15.2 Å². The number of amides is 2. The molecule has 0 fully saturated rings. The molecule has 28 heavy (non-hydrogen) atoms. The third-order valence-corrected chi connectivity index (χ3v) is 5.17. The molecule has 0 radical (unpaired) electrons. The number of carbonyl (C=O) groups excluding carboxylic acids is 2. The zero-order valence-electron chi connectivity index (χ0n) is 15.9. The number of thiophene rings is 1. The van der Waals surface area contributed by atoms with Gasteiger partial charge in [0.25, 0.3) is 5.91 Å². The summed E-state index contributed by atoms with van der Waals surface area (Å²) < 4.78 is 0. The van der Waals surface area contributed by atoms with E-state index in [9.17, 15) is 9.59 Å². The van der Waals surface area contributed by atoms with Crippen molar-refractivity contribution >= 4 is 34.5 Å². The van der Waals surface area contributed by atoms with E-state index in [0.29, 0.717) is 17.0 Å². The second-order valence-corrected chi connectivity index (χ2v) is 7.57. The normalized spacial score (nSPS) is 11.5. The number of anilines is 2. The molecule has 3 aromatic rings. The van der Waals surface area contributed by atoms with Crippen molar-refractivity contribution in [3.05, 3.63) is 82.6 Å². The maximum Gasteiger partial charge on any atom is 0.262 e. The molecule has 6 heteroatoms. The molecule has 0 aliphatic rings. The fraction of sp³-hybridized carbons (Fsp3) is 0.182. The standard InChI is InChI=1S/C22H23N3O2S/c1-25(2)18-12-10-17(11-13-18)23-21(26)19(15-16-7-4-3-5-8-16)24-22(27)20-9-6-14-28-20/h3-14,19H,15H2,1-2H3,(H,23,26)(H,24,27). The van der Waals surface area contributed by atoms with Crippen molar-refractivity contribution in [2.75, 3.05) is 24.3 Å². The molecule has 2 N–H and O–H groups in total. The molecule has 3 rings (SSSR count). The van der Waals surface area contributed by atoms with Gasteiger partial charge in [0.15, 0.2) is 0 Å². The Kier molecular flexibility index (Phi) is 6.45. The lowest BCUT2D eigenvalue weighted by Crippen LogP contribution is -2.45. The minimum absolute atomic E-state index is 0.242. The highest BCUT2D eigenvalue weighted by Crippen LogP contribution is 2.17. The van der Waals surface area contributed by atoms with Crippen molar-refractivity contribution in [2.45, 2.75) is 12.5 Å². The Bertz CT molecular complexity index is 907. The molecule has 2 aromatic carbocycles. The van der Waals surface area contributed by atoms with Gasteiger partial charge in [-0.05, 0) is 41.3 Å². The van der Waals surface area contributed by atoms with Crippen molar-refractivity contribution in [3.8, 4) is 0 Å². The molecule has 5 nitrogen and oxygen atoms in total. The molecule has 0 bridgehead atoms. The highest BCUT2D eigenvalue weighted by atomic mass is 32.1. The number of carbonyl (C=O) groups is 2. The van der Waals surface area contributed by atoms with E-state index in [1.165, 1.54) is 11.3 Å². The van der Waals surface area contributed by atoms with Gasteiger partial charge in [0.05, 0.1) is 4.88 Å². The van der Waals surface area contributed by atoms with Gasteiger partial charge in [-0.25, -0.2) is 0 Å². The highest BCUT2D eigenvalue weighted by Gasteiger charge is 2.22. The molecule has 1 aromatic heterocycles. The molecule has 1 heterocycles. The third-order valence-electron chi connectivity index (χ3n) is 4.30. The Hall–Kier alpha value is -3.12. The number of rotatable bonds is 7. The van der Waals surface area contributed by atoms with Crippen LogP contribution < -0.4 is 15.5 Å². The average Bonchev–Trinajstić information content (AvgIpc) is 3.23. The maximum absolute atomic E-state index is 12.9. The summed E-state index contributed by atoms with van der Waals surface area (Å²) in [6.45, 7) is 0. The zero-order chi connectivity index (χ0) is 19.9. The molecule has 0 spiro atoms. The number of nitrogens with one attached hydrogen (secondary N) is 2. The van der Waals surface area contributed by atoms with E-state index in [0.717, 1.165) is 11.3 Å². The summed E-state index contributed by atoms with van der Waals surface area (Å²) in [6, 6.07) is 20.1. The minimum atomic E-state index is -0.675. The summed E-state index contributed by atoms with van der Waals surface area (Å²) in [6.07, 6.45) is 0.416. The Balaban J connectivity index is 1.74. The Morgan fingerprint density at radius 1 is 0.964 bits per heavy atom. The van der Waals surface area contributed by atoms with Crippen LogP contribution in [0, 0.1) is 0 Å². The van der Waals surface area contributed by atoms with Gasteiger partial charge in [-0.2, -0.15) is 0 Å². The Labute approximate surface area is 169 Å². The molecule has 1 unspecified atom stereocenters. The van der Waals surface area contributed by atoms with E-state index in [4.69, 9.17) is 0 Å². The molecule has 0 aliphatic carbocycles. The van der Waals surface area contributed by atoms with E-state index >= 15 is 0 Å². The van der Waals surface area contributed by atoms with Gasteiger partial charge in [-0.15, -0.1) is 11.3 Å². The first-order chi connectivity index (χ1) is 13.5. The fourth-order valence-corrected chi connectivity index (χ4v) is 3.40. The van der Waals surface area contributed by atoms with Crippen molar-refractivity contribution < 1.29 is 9.59 Å². The SMILES string of the molecule is CN(C)c1ccc(NC(=O)C(Cc2ccccc2)NC(=O)c2cccs2)cc1. The molecule has 0 saturated carbocycles. The fourth-order valence-electron chi connectivity index (χ4n) is 2.77. The molecular formula is C22H23N3O2S. The van der Waals surface area contributed by atoms with E-state index in [1.54, 1.807) is 6.07 Å². The van der Waals surface area contributed by atoms with Crippen molar-refractivity contribution in [1.29, 1.82) is 0 Å². The number of hydrogen-bond donors (Lipinski definition) is 2. The molecule has 0 aliphatic heterocycles. The number of hydrogen-bond acceptors (Lipinski definition) is 4. The Morgan fingerprint density at radius 2 is 1.68 bits per heavy atom. The topological polar surface area (TPSA) is 61.4 Å². The van der Waals surface area contributed by atoms with Crippen molar-refractivity contribution in [1.82, 2.24) is 5.32 Å². The van der Waals surface area contributed by atoms with Crippen molar-refractivity contribution in [2.24, 2.45) is 0 Å². The van der Waals surface area contributed by atoms with Gasteiger partial charge in [-0.3, -0.25) is 9.59 Å². The predicted molar refractivity (Wildman–Crippen MR) is 115 cm³/mol. The van der Waals surface area contributed by atoms with Crippen LogP contribution in [0.5, 0.6) is 0 Å². The van der Waals surface area contributed by atoms with Gasteiger partial charge in [0.1, 0.15) is 6.04 Å². The van der Waals surface area contributed by atoms with Gasteiger partial charge in [0, 0.05) is 31.9 Å². The van der Waals surface area contributed by atoms with Gasteiger partial charge < -0.3 is 15.5 Å². The summed E-state index contributed by atoms with van der Waals surface area (Å²) in [7, 11) is 3.92. The second-order valence-electron chi connectivity index (χ2n) is 6.62. The first-order valence-corrected chi connectivity index (χ1v) is 9.87. The summed E-state index contributed by atoms with van der Waals surface area (Å²) >= 11 is 1.35. The largest absolute Gasteiger partial charge is 0.378 e. The third kappa shape index (κ3) is 5.20. The predicted octanol–water partition coefficient (Wildman–Crippen LogP) is 3.79. The van der Waals surface area contributed by atoms with Gasteiger partial charge in [0.2, 0.25) is 5.91 Å². The zero-order valence-corrected chi connectivity index (χ0v) is 16.7. The van der Waals surface area contributed by atoms with E-state index in [1.807, 2.05) is 85.0 Å². The first kappa shape index (κ1) is 19.6. The maximum atomic E-state index is 12.9. The second kappa shape index (κ2) is 9.19. The summed E-state index contributed by atoms with van der Waals surface area (Å²) in [5.74, 6) is -0.486. The summed E-state index contributed by atoms with van der Waals surface area (Å²) in [5, 5.41) is 7.62. The summed E-state index contributed by atoms with van der Waals surface area (Å²) in [4.78, 5) is 28.0. The van der Waals surface area contributed by atoms with Crippen LogP contribution in [0.3, 0.4) is 0 Å². The first-order valence-electron chi connectivity index (χ1n) is 8.99. The molecule has 0 saturated heterocycles. The van der Waals surface area contributed by atoms with E-state index in [2.05, 4.69) is 10.6 Å². The van der Waals surface area contributed by atoms with E-state index in [-0.39, 0.29) is 11.8 Å². The lowest BCUT2D eigenvalue weighted by molar-refractivity contribution is -0.118. The minimum Gasteiger partial charge on any atom is -0.378 e.